The number of nitrogens with one attached hydrogen (secondary N) is 1. The maximum absolute atomic E-state index is 11.1. The van der Waals surface area contributed by atoms with Gasteiger partial charge in [0.15, 0.2) is 5.78 Å². The zero-order valence-electron chi connectivity index (χ0n) is 7.46. The van der Waals surface area contributed by atoms with Crippen LogP contribution in [0.15, 0.2) is 12.3 Å². The fourth-order valence-electron chi connectivity index (χ4n) is 1.34. The fourth-order valence-corrected chi connectivity index (χ4v) is 1.34. The Labute approximate surface area is 75.0 Å². The average Bonchev–Trinajstić information content (AvgIpc) is 2.48. The third-order valence-corrected chi connectivity index (χ3v) is 2.01. The zero-order chi connectivity index (χ0) is 9.42. The minimum absolute atomic E-state index is 0.00639. The molecule has 4 nitrogen and oxygen atoms in total. The molecule has 0 aromatic carbocycles. The van der Waals surface area contributed by atoms with Gasteiger partial charge in [-0.15, -0.1) is 0 Å². The molecule has 0 saturated carbocycles. The molecule has 0 amide bonds. The first kappa shape index (κ1) is 7.91. The van der Waals surface area contributed by atoms with Crippen molar-refractivity contribution in [3.8, 4) is 0 Å². The summed E-state index contributed by atoms with van der Waals surface area (Å²) in [6, 6.07) is 1.79. The molecule has 0 radical (unpaired) electrons. The van der Waals surface area contributed by atoms with Gasteiger partial charge < -0.3 is 0 Å². The molecule has 0 fully saturated rings. The topological polar surface area (TPSA) is 58.6 Å². The van der Waals surface area contributed by atoms with Crippen LogP contribution in [0.25, 0.3) is 10.9 Å². The molecule has 0 bridgehead atoms. The van der Waals surface area contributed by atoms with Gasteiger partial charge in [0.2, 0.25) is 0 Å². The van der Waals surface area contributed by atoms with Crippen molar-refractivity contribution < 1.29 is 4.79 Å². The third-order valence-electron chi connectivity index (χ3n) is 2.01. The van der Waals surface area contributed by atoms with E-state index in [1.807, 2.05) is 6.92 Å². The van der Waals surface area contributed by atoms with Crippen LogP contribution in [0.5, 0.6) is 0 Å². The Morgan fingerprint density at radius 2 is 2.31 bits per heavy atom. The Kier molecular flexibility index (Phi) is 1.62. The van der Waals surface area contributed by atoms with E-state index in [9.17, 15) is 4.79 Å². The molecule has 2 aromatic heterocycles. The Balaban J connectivity index is 2.83. The summed E-state index contributed by atoms with van der Waals surface area (Å²) >= 11 is 0. The molecule has 2 aromatic rings. The van der Waals surface area contributed by atoms with Crippen molar-refractivity contribution in [1.82, 2.24) is 15.2 Å². The molecule has 1 N–H and O–H groups in total. The predicted octanol–water partition coefficient (Wildman–Crippen LogP) is 1.47. The smallest absolute Gasteiger partial charge is 0.178 e. The molecule has 0 spiro atoms. The van der Waals surface area contributed by atoms with Crippen LogP contribution < -0.4 is 0 Å². The number of fused-ring (bicyclic) bond motifs is 1. The van der Waals surface area contributed by atoms with Crippen molar-refractivity contribution in [2.45, 2.75) is 13.8 Å². The molecule has 13 heavy (non-hydrogen) atoms. The van der Waals surface area contributed by atoms with Crippen molar-refractivity contribution in [1.29, 1.82) is 0 Å². The standard InChI is InChI=1S/C9H9N3O/c1-5-8-7(3-4-10-5)9(6(2)13)12-11-8/h3-4H,1-2H3,(H,11,12). The van der Waals surface area contributed by atoms with Crippen LogP contribution in [0, 0.1) is 6.92 Å². The monoisotopic (exact) mass is 175 g/mol. The SMILES string of the molecule is CC(=O)c1[nH]nc2c(C)nccc12. The number of aromatic nitrogens is 3. The second-order valence-electron chi connectivity index (χ2n) is 2.95. The second-order valence-corrected chi connectivity index (χ2v) is 2.95. The lowest BCUT2D eigenvalue weighted by atomic mass is 10.2. The van der Waals surface area contributed by atoms with Crippen molar-refractivity contribution in [3.63, 3.8) is 0 Å². The van der Waals surface area contributed by atoms with Gasteiger partial charge in [0, 0.05) is 18.5 Å². The normalized spacial score (nSPS) is 10.6. The van der Waals surface area contributed by atoms with Crippen molar-refractivity contribution in [2.75, 3.05) is 0 Å². The number of aryl methyl sites for hydroxylation is 1. The Hall–Kier alpha value is -1.71. The summed E-state index contributed by atoms with van der Waals surface area (Å²) in [7, 11) is 0. The van der Waals surface area contributed by atoms with Gasteiger partial charge in [-0.3, -0.25) is 14.9 Å². The highest BCUT2D eigenvalue weighted by atomic mass is 16.1. The Morgan fingerprint density at radius 3 is 3.00 bits per heavy atom. The van der Waals surface area contributed by atoms with Crippen molar-refractivity contribution in [2.24, 2.45) is 0 Å². The average molecular weight is 175 g/mol. The molecular weight excluding hydrogens is 166 g/mol. The van der Waals surface area contributed by atoms with Crippen molar-refractivity contribution in [3.05, 3.63) is 23.7 Å². The predicted molar refractivity (Wildman–Crippen MR) is 48.6 cm³/mol. The van der Waals surface area contributed by atoms with Gasteiger partial charge >= 0.3 is 0 Å². The summed E-state index contributed by atoms with van der Waals surface area (Å²) < 4.78 is 0. The number of hydrogen-bond acceptors (Lipinski definition) is 3. The number of aromatic amines is 1. The molecule has 0 unspecified atom stereocenters. The van der Waals surface area contributed by atoms with E-state index in [4.69, 9.17) is 0 Å². The molecule has 0 aliphatic rings. The summed E-state index contributed by atoms with van der Waals surface area (Å²) in [4.78, 5) is 15.2. The van der Waals surface area contributed by atoms with E-state index in [1.165, 1.54) is 6.92 Å². The second kappa shape index (κ2) is 2.65. The minimum Gasteiger partial charge on any atom is -0.293 e. The van der Waals surface area contributed by atoms with Crippen LogP contribution in [0.1, 0.15) is 23.1 Å². The Morgan fingerprint density at radius 1 is 1.54 bits per heavy atom. The first-order valence-corrected chi connectivity index (χ1v) is 4.01. The molecule has 2 rings (SSSR count). The molecule has 0 aliphatic carbocycles. The van der Waals surface area contributed by atoms with Crippen LogP contribution in [-0.4, -0.2) is 21.0 Å². The van der Waals surface area contributed by atoms with Crippen LogP contribution in [0.2, 0.25) is 0 Å². The van der Waals surface area contributed by atoms with Gasteiger partial charge in [0.1, 0.15) is 11.2 Å². The number of ketones is 1. The molecule has 0 atom stereocenters. The highest BCUT2D eigenvalue weighted by molar-refractivity contribution is 6.04. The number of carbonyl (C=O) groups is 1. The van der Waals surface area contributed by atoms with Crippen LogP contribution in [-0.2, 0) is 0 Å². The number of nitrogens with zero attached hydrogens (tertiary/aromatic N) is 2. The minimum atomic E-state index is -0.00639. The van der Waals surface area contributed by atoms with Gasteiger partial charge in [-0.05, 0) is 13.0 Å². The number of Topliss-reactive ketones (excluding diaryl/α,β-unsaturated/α-hetero) is 1. The quantitative estimate of drug-likeness (QED) is 0.667. The highest BCUT2D eigenvalue weighted by Gasteiger charge is 2.10. The van der Waals surface area contributed by atoms with E-state index in [2.05, 4.69) is 15.2 Å². The highest BCUT2D eigenvalue weighted by Crippen LogP contribution is 2.17. The van der Waals surface area contributed by atoms with Crippen molar-refractivity contribution >= 4 is 16.7 Å². The molecule has 0 aliphatic heterocycles. The number of pyridine rings is 1. The van der Waals surface area contributed by atoms with E-state index in [1.54, 1.807) is 12.3 Å². The first-order valence-electron chi connectivity index (χ1n) is 4.01. The molecule has 0 saturated heterocycles. The molecule has 66 valence electrons. The largest absolute Gasteiger partial charge is 0.293 e. The van der Waals surface area contributed by atoms with Crippen LogP contribution in [0.3, 0.4) is 0 Å². The van der Waals surface area contributed by atoms with E-state index < -0.39 is 0 Å². The summed E-state index contributed by atoms with van der Waals surface area (Å²) in [6.45, 7) is 3.38. The Bertz CT molecular complexity index is 473. The lowest BCUT2D eigenvalue weighted by Crippen LogP contribution is -1.92. The molecular formula is C9H9N3O. The summed E-state index contributed by atoms with van der Waals surface area (Å²) in [5, 5.41) is 7.59. The number of rotatable bonds is 1. The van der Waals surface area contributed by atoms with Gasteiger partial charge in [0.05, 0.1) is 5.69 Å². The lowest BCUT2D eigenvalue weighted by Gasteiger charge is -1.92. The summed E-state index contributed by atoms with van der Waals surface area (Å²) in [6.07, 6.45) is 1.68. The fraction of sp³-hybridized carbons (Fsp3) is 0.222. The summed E-state index contributed by atoms with van der Waals surface area (Å²) in [5.74, 6) is -0.00639. The number of carbonyl (C=O) groups excluding carboxylic acids is 1. The van der Waals surface area contributed by atoms with Crippen LogP contribution in [0.4, 0.5) is 0 Å². The number of H-pyrrole nitrogens is 1. The molecule has 4 heteroatoms. The number of hydrogen-bond donors (Lipinski definition) is 1. The lowest BCUT2D eigenvalue weighted by molar-refractivity contribution is 0.101. The third kappa shape index (κ3) is 1.11. The maximum Gasteiger partial charge on any atom is 0.178 e. The van der Waals surface area contributed by atoms with E-state index in [0.717, 1.165) is 16.6 Å². The molecule has 2 heterocycles. The maximum atomic E-state index is 11.1. The van der Waals surface area contributed by atoms with Crippen LogP contribution >= 0.6 is 0 Å². The van der Waals surface area contributed by atoms with Gasteiger partial charge in [-0.25, -0.2) is 0 Å². The van der Waals surface area contributed by atoms with E-state index in [0.29, 0.717) is 5.69 Å². The van der Waals surface area contributed by atoms with E-state index >= 15 is 0 Å². The van der Waals surface area contributed by atoms with Gasteiger partial charge in [-0.2, -0.15) is 5.10 Å². The zero-order valence-corrected chi connectivity index (χ0v) is 7.46. The first-order chi connectivity index (χ1) is 6.20. The van der Waals surface area contributed by atoms with Gasteiger partial charge in [-0.1, -0.05) is 0 Å². The van der Waals surface area contributed by atoms with Gasteiger partial charge in [0.25, 0.3) is 0 Å². The summed E-state index contributed by atoms with van der Waals surface area (Å²) in [5.41, 5.74) is 2.16. The van der Waals surface area contributed by atoms with E-state index in [-0.39, 0.29) is 5.78 Å².